The fourth-order valence-corrected chi connectivity index (χ4v) is 4.16. The van der Waals surface area contributed by atoms with Crippen LogP contribution in [0.2, 0.25) is 0 Å². The molecule has 2 aliphatic rings. The van der Waals surface area contributed by atoms with Crippen molar-refractivity contribution < 1.29 is 5.11 Å². The zero-order valence-corrected chi connectivity index (χ0v) is 12.8. The summed E-state index contributed by atoms with van der Waals surface area (Å²) in [4.78, 5) is 2.74. The lowest BCUT2D eigenvalue weighted by Crippen LogP contribution is -2.47. The van der Waals surface area contributed by atoms with Crippen molar-refractivity contribution in [3.05, 3.63) is 0 Å². The highest BCUT2D eigenvalue weighted by Gasteiger charge is 2.34. The molecule has 1 aliphatic carbocycles. The number of aliphatic hydroxyl groups excluding tert-OH is 1. The fraction of sp³-hybridized carbons (Fsp3) is 1.00. The van der Waals surface area contributed by atoms with Crippen LogP contribution in [0.1, 0.15) is 58.8 Å². The van der Waals surface area contributed by atoms with E-state index in [1.165, 1.54) is 51.6 Å². The molecule has 19 heavy (non-hydrogen) atoms. The average molecular weight is 268 g/mol. The van der Waals surface area contributed by atoms with Gasteiger partial charge >= 0.3 is 0 Å². The summed E-state index contributed by atoms with van der Waals surface area (Å²) in [5.41, 5.74) is -0.0837. The Bertz CT molecular complexity index is 271. The molecule has 2 fully saturated rings. The van der Waals surface area contributed by atoms with Crippen molar-refractivity contribution in [2.75, 3.05) is 26.2 Å². The first-order valence-electron chi connectivity index (χ1n) is 8.28. The molecular formula is C16H32N2O. The van der Waals surface area contributed by atoms with Crippen molar-refractivity contribution in [3.63, 3.8) is 0 Å². The summed E-state index contributed by atoms with van der Waals surface area (Å²) in [6, 6.07) is 0.883. The quantitative estimate of drug-likeness (QED) is 0.744. The van der Waals surface area contributed by atoms with Gasteiger partial charge in [0.25, 0.3) is 0 Å². The van der Waals surface area contributed by atoms with Gasteiger partial charge in [-0.15, -0.1) is 0 Å². The highest BCUT2D eigenvalue weighted by molar-refractivity contribution is 4.90. The van der Waals surface area contributed by atoms with Crippen molar-refractivity contribution in [1.82, 2.24) is 10.2 Å². The zero-order valence-electron chi connectivity index (χ0n) is 12.8. The minimum absolute atomic E-state index is 0.0837. The predicted molar refractivity (Wildman–Crippen MR) is 80.3 cm³/mol. The SMILES string of the molecule is CCNC(C)(CO)CCCN1CCCC2CCCC21. The van der Waals surface area contributed by atoms with Crippen LogP contribution in [0.15, 0.2) is 0 Å². The van der Waals surface area contributed by atoms with Crippen LogP contribution in [0.4, 0.5) is 0 Å². The Hall–Kier alpha value is -0.120. The van der Waals surface area contributed by atoms with Crippen LogP contribution in [-0.4, -0.2) is 47.8 Å². The lowest BCUT2D eigenvalue weighted by molar-refractivity contribution is 0.102. The predicted octanol–water partition coefficient (Wildman–Crippen LogP) is 2.39. The van der Waals surface area contributed by atoms with Gasteiger partial charge in [-0.3, -0.25) is 0 Å². The molecule has 3 nitrogen and oxygen atoms in total. The maximum Gasteiger partial charge on any atom is 0.0610 e. The molecule has 0 bridgehead atoms. The molecule has 3 atom stereocenters. The van der Waals surface area contributed by atoms with E-state index in [1.807, 2.05) is 0 Å². The first kappa shape index (κ1) is 15.3. The first-order valence-corrected chi connectivity index (χ1v) is 8.28. The maximum atomic E-state index is 9.53. The summed E-state index contributed by atoms with van der Waals surface area (Å²) in [6.45, 7) is 7.96. The van der Waals surface area contributed by atoms with E-state index in [-0.39, 0.29) is 12.1 Å². The van der Waals surface area contributed by atoms with Gasteiger partial charge in [0.15, 0.2) is 0 Å². The third-order valence-corrected chi connectivity index (χ3v) is 5.23. The second kappa shape index (κ2) is 7.05. The molecule has 3 heteroatoms. The summed E-state index contributed by atoms with van der Waals surface area (Å²) in [6.07, 6.45) is 9.47. The van der Waals surface area contributed by atoms with Crippen LogP contribution < -0.4 is 5.32 Å². The van der Waals surface area contributed by atoms with Crippen molar-refractivity contribution in [2.45, 2.75) is 70.4 Å². The minimum Gasteiger partial charge on any atom is -0.394 e. The van der Waals surface area contributed by atoms with Crippen molar-refractivity contribution in [3.8, 4) is 0 Å². The zero-order chi connectivity index (χ0) is 13.7. The van der Waals surface area contributed by atoms with E-state index in [9.17, 15) is 5.11 Å². The van der Waals surface area contributed by atoms with Crippen LogP contribution in [-0.2, 0) is 0 Å². The molecule has 2 rings (SSSR count). The van der Waals surface area contributed by atoms with Crippen molar-refractivity contribution >= 4 is 0 Å². The van der Waals surface area contributed by atoms with Gasteiger partial charge in [-0.05, 0) is 71.0 Å². The number of likely N-dealkylation sites (N-methyl/N-ethyl adjacent to an activating group) is 1. The van der Waals surface area contributed by atoms with Gasteiger partial charge in [-0.1, -0.05) is 13.3 Å². The second-order valence-electron chi connectivity index (χ2n) is 6.79. The number of rotatable bonds is 7. The molecule has 0 aromatic carbocycles. The topological polar surface area (TPSA) is 35.5 Å². The molecule has 0 spiro atoms. The molecule has 0 amide bonds. The van der Waals surface area contributed by atoms with Crippen molar-refractivity contribution in [2.24, 2.45) is 5.92 Å². The smallest absolute Gasteiger partial charge is 0.0610 e. The number of likely N-dealkylation sites (tertiary alicyclic amines) is 1. The minimum atomic E-state index is -0.0837. The molecule has 1 aliphatic heterocycles. The van der Waals surface area contributed by atoms with E-state index in [0.717, 1.165) is 24.9 Å². The number of nitrogens with one attached hydrogen (secondary N) is 1. The summed E-state index contributed by atoms with van der Waals surface area (Å²) >= 11 is 0. The molecule has 0 aromatic heterocycles. The van der Waals surface area contributed by atoms with Gasteiger partial charge in [-0.2, -0.15) is 0 Å². The Kier molecular flexibility index (Phi) is 5.67. The van der Waals surface area contributed by atoms with E-state index in [1.54, 1.807) is 0 Å². The summed E-state index contributed by atoms with van der Waals surface area (Å²) in [7, 11) is 0. The summed E-state index contributed by atoms with van der Waals surface area (Å²) in [5, 5.41) is 13.0. The first-order chi connectivity index (χ1) is 9.18. The van der Waals surface area contributed by atoms with Gasteiger partial charge in [0, 0.05) is 11.6 Å². The van der Waals surface area contributed by atoms with Gasteiger partial charge in [-0.25, -0.2) is 0 Å². The molecule has 1 saturated carbocycles. The number of piperidine rings is 1. The van der Waals surface area contributed by atoms with Gasteiger partial charge in [0.05, 0.1) is 6.61 Å². The van der Waals surface area contributed by atoms with Crippen LogP contribution in [0.3, 0.4) is 0 Å². The monoisotopic (exact) mass is 268 g/mol. The Morgan fingerprint density at radius 3 is 2.79 bits per heavy atom. The normalized spacial score (nSPS) is 31.1. The standard InChI is InChI=1S/C16H32N2O/c1-3-17-16(2,13-19)10-6-12-18-11-5-8-14-7-4-9-15(14)18/h14-15,17,19H,3-13H2,1-2H3. The molecule has 112 valence electrons. The third kappa shape index (κ3) is 3.93. The molecule has 0 radical (unpaired) electrons. The maximum absolute atomic E-state index is 9.53. The highest BCUT2D eigenvalue weighted by Crippen LogP contribution is 2.36. The van der Waals surface area contributed by atoms with E-state index < -0.39 is 0 Å². The Morgan fingerprint density at radius 1 is 1.26 bits per heavy atom. The van der Waals surface area contributed by atoms with E-state index in [4.69, 9.17) is 0 Å². The Morgan fingerprint density at radius 2 is 2.05 bits per heavy atom. The van der Waals surface area contributed by atoms with Gasteiger partial charge in [0.1, 0.15) is 0 Å². The average Bonchev–Trinajstić information content (AvgIpc) is 2.88. The largest absolute Gasteiger partial charge is 0.394 e. The number of aliphatic hydroxyl groups is 1. The van der Waals surface area contributed by atoms with Crippen LogP contribution in [0, 0.1) is 5.92 Å². The summed E-state index contributed by atoms with van der Waals surface area (Å²) < 4.78 is 0. The Labute approximate surface area is 118 Å². The van der Waals surface area contributed by atoms with Crippen LogP contribution in [0.25, 0.3) is 0 Å². The lowest BCUT2D eigenvalue weighted by Gasteiger charge is -2.38. The van der Waals surface area contributed by atoms with Crippen molar-refractivity contribution in [1.29, 1.82) is 0 Å². The number of nitrogens with zero attached hydrogens (tertiary/aromatic N) is 1. The third-order valence-electron chi connectivity index (χ3n) is 5.23. The molecular weight excluding hydrogens is 236 g/mol. The lowest BCUT2D eigenvalue weighted by atomic mass is 9.91. The number of hydrogen-bond acceptors (Lipinski definition) is 3. The molecule has 3 unspecified atom stereocenters. The number of hydrogen-bond donors (Lipinski definition) is 2. The highest BCUT2D eigenvalue weighted by atomic mass is 16.3. The Balaban J connectivity index is 1.75. The van der Waals surface area contributed by atoms with E-state index in [2.05, 4.69) is 24.1 Å². The molecule has 1 saturated heterocycles. The fourth-order valence-electron chi connectivity index (χ4n) is 4.16. The van der Waals surface area contributed by atoms with E-state index >= 15 is 0 Å². The summed E-state index contributed by atoms with van der Waals surface area (Å²) in [5.74, 6) is 0.992. The van der Waals surface area contributed by atoms with Gasteiger partial charge < -0.3 is 15.3 Å². The van der Waals surface area contributed by atoms with Gasteiger partial charge in [0.2, 0.25) is 0 Å². The van der Waals surface area contributed by atoms with Crippen LogP contribution in [0.5, 0.6) is 0 Å². The van der Waals surface area contributed by atoms with E-state index in [0.29, 0.717) is 0 Å². The molecule has 2 N–H and O–H groups in total. The second-order valence-corrected chi connectivity index (χ2v) is 6.79. The van der Waals surface area contributed by atoms with Crippen LogP contribution >= 0.6 is 0 Å². The number of fused-ring (bicyclic) bond motifs is 1. The molecule has 1 heterocycles. The molecule has 0 aromatic rings.